The van der Waals surface area contributed by atoms with Gasteiger partial charge < -0.3 is 24.8 Å². The summed E-state index contributed by atoms with van der Waals surface area (Å²) in [5.74, 6) is 1.48. The van der Waals surface area contributed by atoms with Crippen molar-refractivity contribution in [3.8, 4) is 5.75 Å². The van der Waals surface area contributed by atoms with Crippen LogP contribution in [0.1, 0.15) is 6.42 Å². The number of nitrogens with zero attached hydrogens (tertiary/aromatic N) is 4. The summed E-state index contributed by atoms with van der Waals surface area (Å²) in [6, 6.07) is 11.7. The van der Waals surface area contributed by atoms with E-state index < -0.39 is 5.82 Å². The smallest absolute Gasteiger partial charge is 0.193 e. The third-order valence-corrected chi connectivity index (χ3v) is 6.30. The van der Waals surface area contributed by atoms with Crippen molar-refractivity contribution in [2.75, 3.05) is 69.8 Å². The van der Waals surface area contributed by atoms with E-state index in [9.17, 15) is 8.78 Å². The first-order chi connectivity index (χ1) is 15.6. The van der Waals surface area contributed by atoms with E-state index in [0.717, 1.165) is 49.5 Å². The predicted molar refractivity (Wildman–Crippen MR) is 125 cm³/mol. The molecule has 0 saturated carbocycles. The largest absolute Gasteiger partial charge is 0.495 e. The third-order valence-electron chi connectivity index (χ3n) is 6.30. The average molecular weight is 444 g/mol. The van der Waals surface area contributed by atoms with Crippen LogP contribution >= 0.6 is 0 Å². The van der Waals surface area contributed by atoms with Gasteiger partial charge in [-0.05, 0) is 36.6 Å². The number of methoxy groups -OCH3 is 1. The molecule has 1 N–H and O–H groups in total. The monoisotopic (exact) mass is 443 g/mol. The minimum atomic E-state index is -0.417. The first kappa shape index (κ1) is 22.2. The van der Waals surface area contributed by atoms with Gasteiger partial charge in [0, 0.05) is 58.9 Å². The van der Waals surface area contributed by atoms with Gasteiger partial charge in [0.15, 0.2) is 5.96 Å². The van der Waals surface area contributed by atoms with Crippen molar-refractivity contribution in [2.45, 2.75) is 6.42 Å². The van der Waals surface area contributed by atoms with Crippen LogP contribution in [0.25, 0.3) is 0 Å². The highest BCUT2D eigenvalue weighted by Crippen LogP contribution is 2.31. The standard InChI is InChI=1S/C24H31F2N5O/c1-27-24(30-13-11-29(12-14-30)22-15-19(25)7-8-20(22)26)28-16-18-9-10-31(17-18)21-5-3-4-6-23(21)32-2/h3-8,15,18H,9-14,16-17H2,1-2H3,(H,27,28). The molecular formula is C24H31F2N5O. The summed E-state index contributed by atoms with van der Waals surface area (Å²) < 4.78 is 33.2. The maximum absolute atomic E-state index is 14.1. The Kier molecular flexibility index (Phi) is 6.97. The van der Waals surface area contributed by atoms with Crippen LogP contribution in [0.15, 0.2) is 47.5 Å². The van der Waals surface area contributed by atoms with E-state index in [1.54, 1.807) is 14.2 Å². The molecule has 2 heterocycles. The van der Waals surface area contributed by atoms with Crippen LogP contribution in [0.2, 0.25) is 0 Å². The van der Waals surface area contributed by atoms with Crippen LogP contribution in [0, 0.1) is 17.6 Å². The van der Waals surface area contributed by atoms with Crippen LogP contribution < -0.4 is 19.9 Å². The molecule has 0 amide bonds. The lowest BCUT2D eigenvalue weighted by Crippen LogP contribution is -2.53. The molecule has 0 aliphatic carbocycles. The molecule has 1 atom stereocenters. The summed E-state index contributed by atoms with van der Waals surface area (Å²) in [6.45, 7) is 5.46. The van der Waals surface area contributed by atoms with Gasteiger partial charge >= 0.3 is 0 Å². The summed E-state index contributed by atoms with van der Waals surface area (Å²) in [6.07, 6.45) is 1.11. The Morgan fingerprint density at radius 3 is 2.56 bits per heavy atom. The molecule has 0 bridgehead atoms. The first-order valence-electron chi connectivity index (χ1n) is 11.1. The number of nitrogens with one attached hydrogen (secondary N) is 1. The van der Waals surface area contributed by atoms with Crippen LogP contribution in [0.4, 0.5) is 20.2 Å². The SMILES string of the molecule is CN=C(NCC1CCN(c2ccccc2OC)C1)N1CCN(c2cc(F)ccc2F)CC1. The highest BCUT2D eigenvalue weighted by atomic mass is 19.1. The number of anilines is 2. The van der Waals surface area contributed by atoms with Crippen molar-refractivity contribution in [3.63, 3.8) is 0 Å². The minimum Gasteiger partial charge on any atom is -0.495 e. The molecule has 4 rings (SSSR count). The van der Waals surface area contributed by atoms with Gasteiger partial charge in [0.05, 0.1) is 18.5 Å². The number of hydrogen-bond acceptors (Lipinski definition) is 4. The molecule has 0 radical (unpaired) electrons. The molecular weight excluding hydrogens is 412 g/mol. The molecule has 32 heavy (non-hydrogen) atoms. The van der Waals surface area contributed by atoms with Crippen LogP contribution in [0.5, 0.6) is 5.75 Å². The maximum atomic E-state index is 14.1. The Morgan fingerprint density at radius 2 is 1.81 bits per heavy atom. The van der Waals surface area contributed by atoms with Gasteiger partial charge in [-0.3, -0.25) is 4.99 Å². The van der Waals surface area contributed by atoms with E-state index in [0.29, 0.717) is 37.8 Å². The minimum absolute atomic E-state index is 0.329. The Hall–Kier alpha value is -3.03. The van der Waals surface area contributed by atoms with Gasteiger partial charge in [0.2, 0.25) is 0 Å². The summed E-state index contributed by atoms with van der Waals surface area (Å²) in [7, 11) is 3.50. The predicted octanol–water partition coefficient (Wildman–Crippen LogP) is 3.20. The van der Waals surface area contributed by atoms with Crippen molar-refractivity contribution >= 4 is 17.3 Å². The van der Waals surface area contributed by atoms with Crippen LogP contribution in [-0.4, -0.2) is 70.8 Å². The topological polar surface area (TPSA) is 43.3 Å². The second kappa shape index (κ2) is 10.1. The fraction of sp³-hybridized carbons (Fsp3) is 0.458. The molecule has 2 aromatic carbocycles. The second-order valence-electron chi connectivity index (χ2n) is 8.27. The molecule has 6 nitrogen and oxygen atoms in total. The Labute approximate surface area is 188 Å². The van der Waals surface area contributed by atoms with E-state index in [1.165, 1.54) is 12.1 Å². The van der Waals surface area contributed by atoms with Crippen molar-refractivity contribution in [1.29, 1.82) is 0 Å². The number of hydrogen-bond donors (Lipinski definition) is 1. The highest BCUT2D eigenvalue weighted by Gasteiger charge is 2.26. The molecule has 0 aromatic heterocycles. The second-order valence-corrected chi connectivity index (χ2v) is 8.27. The van der Waals surface area contributed by atoms with E-state index in [4.69, 9.17) is 4.74 Å². The van der Waals surface area contributed by atoms with E-state index >= 15 is 0 Å². The average Bonchev–Trinajstić information content (AvgIpc) is 3.30. The normalized spacial score (nSPS) is 19.4. The number of piperazine rings is 1. The van der Waals surface area contributed by atoms with Crippen molar-refractivity contribution in [2.24, 2.45) is 10.9 Å². The Morgan fingerprint density at radius 1 is 1.03 bits per heavy atom. The summed E-state index contributed by atoms with van der Waals surface area (Å²) in [4.78, 5) is 10.9. The summed E-state index contributed by atoms with van der Waals surface area (Å²) in [5, 5.41) is 3.52. The Bertz CT molecular complexity index is 946. The molecule has 2 aromatic rings. The summed E-state index contributed by atoms with van der Waals surface area (Å²) in [5.41, 5.74) is 1.47. The third kappa shape index (κ3) is 4.89. The molecule has 1 unspecified atom stereocenters. The number of guanidine groups is 1. The fourth-order valence-corrected chi connectivity index (χ4v) is 4.56. The Balaban J connectivity index is 1.28. The zero-order valence-electron chi connectivity index (χ0n) is 18.7. The lowest BCUT2D eigenvalue weighted by molar-refractivity contribution is 0.367. The lowest BCUT2D eigenvalue weighted by Gasteiger charge is -2.38. The molecule has 0 spiro atoms. The molecule has 2 aliphatic rings. The zero-order chi connectivity index (χ0) is 22.5. The summed E-state index contributed by atoms with van der Waals surface area (Å²) >= 11 is 0. The molecule has 2 saturated heterocycles. The van der Waals surface area contributed by atoms with Gasteiger partial charge in [-0.2, -0.15) is 0 Å². The maximum Gasteiger partial charge on any atom is 0.193 e. The van der Waals surface area contributed by atoms with Gasteiger partial charge in [-0.25, -0.2) is 8.78 Å². The van der Waals surface area contributed by atoms with E-state index in [2.05, 4.69) is 26.2 Å². The number of halogens is 2. The molecule has 2 fully saturated rings. The van der Waals surface area contributed by atoms with Gasteiger partial charge in [0.25, 0.3) is 0 Å². The van der Waals surface area contributed by atoms with Crippen molar-refractivity contribution in [1.82, 2.24) is 10.2 Å². The van der Waals surface area contributed by atoms with Gasteiger partial charge in [-0.15, -0.1) is 0 Å². The van der Waals surface area contributed by atoms with Gasteiger partial charge in [-0.1, -0.05) is 12.1 Å². The number of ether oxygens (including phenoxy) is 1. The van der Waals surface area contributed by atoms with E-state index in [-0.39, 0.29) is 5.82 Å². The van der Waals surface area contributed by atoms with Crippen LogP contribution in [0.3, 0.4) is 0 Å². The lowest BCUT2D eigenvalue weighted by atomic mass is 10.1. The van der Waals surface area contributed by atoms with Gasteiger partial charge in [0.1, 0.15) is 17.4 Å². The number of benzene rings is 2. The molecule has 172 valence electrons. The number of aliphatic imine (C=N–C) groups is 1. The quantitative estimate of drug-likeness (QED) is 0.568. The van der Waals surface area contributed by atoms with E-state index in [1.807, 2.05) is 23.1 Å². The number of para-hydroxylation sites is 2. The van der Waals surface area contributed by atoms with Crippen molar-refractivity contribution in [3.05, 3.63) is 54.1 Å². The fourth-order valence-electron chi connectivity index (χ4n) is 4.56. The van der Waals surface area contributed by atoms with Crippen LogP contribution in [-0.2, 0) is 0 Å². The number of rotatable bonds is 5. The first-order valence-corrected chi connectivity index (χ1v) is 11.1. The molecule has 8 heteroatoms. The highest BCUT2D eigenvalue weighted by molar-refractivity contribution is 5.80. The molecule has 2 aliphatic heterocycles. The zero-order valence-corrected chi connectivity index (χ0v) is 18.7. The van der Waals surface area contributed by atoms with Crippen molar-refractivity contribution < 1.29 is 13.5 Å².